The van der Waals surface area contributed by atoms with Crippen LogP contribution in [0.25, 0.3) is 11.4 Å². The third-order valence-corrected chi connectivity index (χ3v) is 3.76. The number of nitrogens with zero attached hydrogens (tertiary/aromatic N) is 2. The van der Waals surface area contributed by atoms with Gasteiger partial charge in [-0.3, -0.25) is 0 Å². The molecule has 1 N–H and O–H groups in total. The lowest BCUT2D eigenvalue weighted by Gasteiger charge is -2.30. The van der Waals surface area contributed by atoms with Gasteiger partial charge in [0.05, 0.1) is 5.56 Å². The van der Waals surface area contributed by atoms with Gasteiger partial charge in [-0.05, 0) is 38.1 Å². The smallest absolute Gasteiger partial charge is 0.232 e. The summed E-state index contributed by atoms with van der Waals surface area (Å²) in [6, 6.07) is 6.47. The maximum absolute atomic E-state index is 13.7. The minimum atomic E-state index is -0.328. The van der Waals surface area contributed by atoms with Crippen molar-refractivity contribution in [2.45, 2.75) is 25.2 Å². The molecule has 0 atom stereocenters. The summed E-state index contributed by atoms with van der Waals surface area (Å²) in [5.41, 5.74) is 0.275. The molecule has 19 heavy (non-hydrogen) atoms. The van der Waals surface area contributed by atoms with Gasteiger partial charge in [-0.25, -0.2) is 4.39 Å². The number of aromatic nitrogens is 2. The van der Waals surface area contributed by atoms with Crippen LogP contribution in [-0.2, 0) is 5.41 Å². The first-order valence-electron chi connectivity index (χ1n) is 6.49. The standard InChI is InChI=1S/C14H16FN3O/c1-14(6-8-16-9-7-14)13-17-12(18-19-13)10-4-2-3-5-11(10)15/h2-5,16H,6-9H2,1H3. The Morgan fingerprint density at radius 2 is 2.00 bits per heavy atom. The van der Waals surface area contributed by atoms with Crippen molar-refractivity contribution in [1.29, 1.82) is 0 Å². The predicted octanol–water partition coefficient (Wildman–Crippen LogP) is 2.52. The van der Waals surface area contributed by atoms with Crippen LogP contribution in [0.15, 0.2) is 28.8 Å². The van der Waals surface area contributed by atoms with Crippen LogP contribution >= 0.6 is 0 Å². The molecule has 0 spiro atoms. The predicted molar refractivity (Wildman–Crippen MR) is 69.1 cm³/mol. The van der Waals surface area contributed by atoms with E-state index in [1.165, 1.54) is 6.07 Å². The van der Waals surface area contributed by atoms with Gasteiger partial charge in [-0.2, -0.15) is 4.98 Å². The van der Waals surface area contributed by atoms with Crippen LogP contribution in [0.5, 0.6) is 0 Å². The van der Waals surface area contributed by atoms with E-state index >= 15 is 0 Å². The molecule has 1 aliphatic rings. The van der Waals surface area contributed by atoms with Crippen molar-refractivity contribution < 1.29 is 8.91 Å². The maximum Gasteiger partial charge on any atom is 0.232 e. The molecule has 1 aromatic heterocycles. The molecular weight excluding hydrogens is 245 g/mol. The van der Waals surface area contributed by atoms with Crippen molar-refractivity contribution in [3.05, 3.63) is 36.0 Å². The number of hydrogen-bond acceptors (Lipinski definition) is 4. The first-order chi connectivity index (χ1) is 9.19. The molecule has 0 amide bonds. The van der Waals surface area contributed by atoms with E-state index in [-0.39, 0.29) is 11.2 Å². The van der Waals surface area contributed by atoms with Crippen LogP contribution in [0, 0.1) is 5.82 Å². The van der Waals surface area contributed by atoms with Gasteiger partial charge in [0.2, 0.25) is 11.7 Å². The van der Waals surface area contributed by atoms with Crippen LogP contribution in [0.2, 0.25) is 0 Å². The molecular formula is C14H16FN3O. The summed E-state index contributed by atoms with van der Waals surface area (Å²) in [6.45, 7) is 3.99. The van der Waals surface area contributed by atoms with Gasteiger partial charge >= 0.3 is 0 Å². The lowest BCUT2D eigenvalue weighted by molar-refractivity contribution is 0.241. The summed E-state index contributed by atoms with van der Waals surface area (Å²) < 4.78 is 19.1. The SMILES string of the molecule is CC1(c2nc(-c3ccccc3F)no2)CCNCC1. The van der Waals surface area contributed by atoms with Gasteiger partial charge < -0.3 is 9.84 Å². The van der Waals surface area contributed by atoms with E-state index in [4.69, 9.17) is 4.52 Å². The Bertz CT molecular complexity index is 576. The fourth-order valence-corrected chi connectivity index (χ4v) is 2.41. The van der Waals surface area contributed by atoms with Crippen molar-refractivity contribution in [3.8, 4) is 11.4 Å². The van der Waals surface area contributed by atoms with E-state index in [1.54, 1.807) is 18.2 Å². The van der Waals surface area contributed by atoms with E-state index in [1.807, 2.05) is 0 Å². The highest BCUT2D eigenvalue weighted by atomic mass is 19.1. The van der Waals surface area contributed by atoms with Crippen molar-refractivity contribution in [3.63, 3.8) is 0 Å². The summed E-state index contributed by atoms with van der Waals surface area (Å²) in [5.74, 6) is 0.602. The fourth-order valence-electron chi connectivity index (χ4n) is 2.41. The molecule has 1 aliphatic heterocycles. The first-order valence-corrected chi connectivity index (χ1v) is 6.49. The Balaban J connectivity index is 1.93. The molecule has 0 bridgehead atoms. The lowest BCUT2D eigenvalue weighted by atomic mass is 9.81. The summed E-state index contributed by atoms with van der Waals surface area (Å²) in [6.07, 6.45) is 1.90. The number of hydrogen-bond donors (Lipinski definition) is 1. The Morgan fingerprint density at radius 3 is 2.74 bits per heavy atom. The quantitative estimate of drug-likeness (QED) is 0.902. The van der Waals surface area contributed by atoms with E-state index in [2.05, 4.69) is 22.4 Å². The monoisotopic (exact) mass is 261 g/mol. The molecule has 100 valence electrons. The molecule has 2 aromatic rings. The fraction of sp³-hybridized carbons (Fsp3) is 0.429. The number of rotatable bonds is 2. The van der Waals surface area contributed by atoms with Crippen LogP contribution < -0.4 is 5.32 Å². The average Bonchev–Trinajstić information content (AvgIpc) is 2.90. The summed E-state index contributed by atoms with van der Waals surface area (Å²) in [7, 11) is 0. The van der Waals surface area contributed by atoms with Gasteiger partial charge in [0.25, 0.3) is 0 Å². The van der Waals surface area contributed by atoms with E-state index in [0.717, 1.165) is 25.9 Å². The zero-order valence-corrected chi connectivity index (χ0v) is 10.8. The largest absolute Gasteiger partial charge is 0.338 e. The average molecular weight is 261 g/mol. The maximum atomic E-state index is 13.7. The molecule has 0 aliphatic carbocycles. The number of benzene rings is 1. The van der Waals surface area contributed by atoms with Gasteiger partial charge in [0, 0.05) is 5.41 Å². The second kappa shape index (κ2) is 4.74. The molecule has 2 heterocycles. The Hall–Kier alpha value is -1.75. The van der Waals surface area contributed by atoms with Gasteiger partial charge in [0.15, 0.2) is 0 Å². The zero-order valence-electron chi connectivity index (χ0n) is 10.8. The van der Waals surface area contributed by atoms with Gasteiger partial charge in [0.1, 0.15) is 5.82 Å². The van der Waals surface area contributed by atoms with Crippen molar-refractivity contribution in [1.82, 2.24) is 15.5 Å². The number of nitrogens with one attached hydrogen (secondary N) is 1. The minimum Gasteiger partial charge on any atom is -0.338 e. The molecule has 1 saturated heterocycles. The normalized spacial score (nSPS) is 18.4. The molecule has 1 aromatic carbocycles. The number of piperidine rings is 1. The first kappa shape index (κ1) is 12.3. The topological polar surface area (TPSA) is 51.0 Å². The summed E-state index contributed by atoms with van der Waals surface area (Å²) >= 11 is 0. The minimum absolute atomic E-state index is 0.109. The molecule has 0 radical (unpaired) electrons. The van der Waals surface area contributed by atoms with Crippen molar-refractivity contribution in [2.24, 2.45) is 0 Å². The molecule has 0 unspecified atom stereocenters. The Labute approximate surface area is 111 Å². The van der Waals surface area contributed by atoms with Gasteiger partial charge in [-0.15, -0.1) is 0 Å². The highest BCUT2D eigenvalue weighted by Crippen LogP contribution is 2.33. The van der Waals surface area contributed by atoms with Gasteiger partial charge in [-0.1, -0.05) is 24.2 Å². The van der Waals surface area contributed by atoms with Crippen LogP contribution in [-0.4, -0.2) is 23.2 Å². The van der Waals surface area contributed by atoms with Crippen LogP contribution in [0.1, 0.15) is 25.7 Å². The number of halogens is 1. The third kappa shape index (κ3) is 2.26. The van der Waals surface area contributed by atoms with Crippen molar-refractivity contribution >= 4 is 0 Å². The van der Waals surface area contributed by atoms with Crippen LogP contribution in [0.4, 0.5) is 4.39 Å². The Kier molecular flexibility index (Phi) is 3.06. The zero-order chi connectivity index (χ0) is 13.3. The van der Waals surface area contributed by atoms with E-state index in [0.29, 0.717) is 17.3 Å². The molecule has 3 rings (SSSR count). The highest BCUT2D eigenvalue weighted by Gasteiger charge is 2.34. The molecule has 1 fully saturated rings. The van der Waals surface area contributed by atoms with E-state index < -0.39 is 0 Å². The molecule has 0 saturated carbocycles. The second-order valence-electron chi connectivity index (χ2n) is 5.21. The molecule has 4 nitrogen and oxygen atoms in total. The molecule has 5 heteroatoms. The van der Waals surface area contributed by atoms with Crippen LogP contribution in [0.3, 0.4) is 0 Å². The second-order valence-corrected chi connectivity index (χ2v) is 5.21. The third-order valence-electron chi connectivity index (χ3n) is 3.76. The van der Waals surface area contributed by atoms with E-state index in [9.17, 15) is 4.39 Å². The summed E-state index contributed by atoms with van der Waals surface area (Å²) in [5, 5.41) is 7.23. The Morgan fingerprint density at radius 1 is 1.26 bits per heavy atom. The lowest BCUT2D eigenvalue weighted by Crippen LogP contribution is -2.37. The highest BCUT2D eigenvalue weighted by molar-refractivity contribution is 5.54. The van der Waals surface area contributed by atoms with Crippen molar-refractivity contribution in [2.75, 3.05) is 13.1 Å². The summed E-state index contributed by atoms with van der Waals surface area (Å²) in [4.78, 5) is 4.39.